The summed E-state index contributed by atoms with van der Waals surface area (Å²) in [5.74, 6) is -0.785. The number of pyridine rings is 1. The minimum absolute atomic E-state index is 0.0700. The van der Waals surface area contributed by atoms with Crippen LogP contribution >= 0.6 is 0 Å². The van der Waals surface area contributed by atoms with Gasteiger partial charge in [0.1, 0.15) is 13.1 Å². The molecule has 1 aromatic heterocycles. The van der Waals surface area contributed by atoms with Crippen LogP contribution in [0.15, 0.2) is 95.8 Å². The number of hydrogen-bond donors (Lipinski definition) is 7. The number of anilines is 1. The van der Waals surface area contributed by atoms with Crippen molar-refractivity contribution in [3.63, 3.8) is 0 Å². The maximum atomic E-state index is 12.7. The van der Waals surface area contributed by atoms with E-state index in [1.54, 1.807) is 6.07 Å². The number of amides is 1. The number of rotatable bonds is 38. The van der Waals surface area contributed by atoms with E-state index < -0.39 is 58.2 Å². The molecule has 0 saturated heterocycles. The predicted octanol–water partition coefficient (Wildman–Crippen LogP) is 9.99. The third-order valence-corrected chi connectivity index (χ3v) is 18.7. The molecule has 82 heavy (non-hydrogen) atoms. The molecule has 20 heteroatoms. The highest BCUT2D eigenvalue weighted by atomic mass is 32.2. The summed E-state index contributed by atoms with van der Waals surface area (Å²) < 4.78 is 105. The van der Waals surface area contributed by atoms with E-state index in [1.807, 2.05) is 86.3 Å². The molecule has 17 nitrogen and oxygen atoms in total. The van der Waals surface area contributed by atoms with E-state index in [-0.39, 0.29) is 43.4 Å². The second-order valence-corrected chi connectivity index (χ2v) is 28.3. The molecule has 456 valence electrons. The Morgan fingerprint density at radius 2 is 1.24 bits per heavy atom. The van der Waals surface area contributed by atoms with Crippen molar-refractivity contribution >= 4 is 58.9 Å². The number of fused-ring (bicyclic) bond motifs is 2. The molecule has 0 saturated carbocycles. The van der Waals surface area contributed by atoms with Crippen LogP contribution in [0.1, 0.15) is 185 Å². The van der Waals surface area contributed by atoms with E-state index in [2.05, 4.69) is 34.7 Å². The number of carbonyl (C=O) groups is 1. The molecular weight excluding hydrogens is 1100 g/mol. The van der Waals surface area contributed by atoms with Gasteiger partial charge in [-0.15, -0.1) is 0 Å². The number of hydrogen-bond acceptors (Lipinski definition) is 11. The van der Waals surface area contributed by atoms with Gasteiger partial charge in [-0.25, -0.2) is 4.57 Å². The lowest BCUT2D eigenvalue weighted by Gasteiger charge is -2.27. The zero-order valence-electron chi connectivity index (χ0n) is 49.3. The van der Waals surface area contributed by atoms with Crippen molar-refractivity contribution in [3.8, 4) is 0 Å². The quantitative estimate of drug-likeness (QED) is 0.0122. The van der Waals surface area contributed by atoms with Crippen LogP contribution in [0.3, 0.4) is 0 Å². The van der Waals surface area contributed by atoms with Crippen molar-refractivity contribution < 1.29 is 63.1 Å². The van der Waals surface area contributed by atoms with E-state index in [9.17, 15) is 53.9 Å². The molecular formula is C62H95N5O12S3+2. The van der Waals surface area contributed by atoms with Crippen LogP contribution in [0.5, 0.6) is 0 Å². The molecule has 0 atom stereocenters. The number of allylic oxidation sites excluding steroid dienone is 6. The largest absolute Gasteiger partial charge is 0.394 e. The zero-order valence-corrected chi connectivity index (χ0v) is 51.8. The Labute approximate surface area is 490 Å². The number of nitrogens with zero attached hydrogens (tertiary/aromatic N) is 3. The lowest BCUT2D eigenvalue weighted by atomic mass is 9.81. The number of carbonyl (C=O) groups excluding carboxylic acids is 1. The smallest absolute Gasteiger partial charge is 0.294 e. The molecule has 2 aliphatic heterocycles. The van der Waals surface area contributed by atoms with Crippen LogP contribution in [-0.4, -0.2) is 115 Å². The number of aliphatic hydroxyl groups excluding tert-OH is 2. The molecule has 0 aliphatic carbocycles. The van der Waals surface area contributed by atoms with Gasteiger partial charge in [-0.1, -0.05) is 121 Å². The number of nitrogens with one attached hydrogen (secondary N) is 1. The Hall–Kier alpha value is -4.64. The summed E-state index contributed by atoms with van der Waals surface area (Å²) in [5.41, 5.74) is 11.4. The van der Waals surface area contributed by atoms with E-state index in [0.717, 1.165) is 90.9 Å². The van der Waals surface area contributed by atoms with Gasteiger partial charge in [-0.05, 0) is 99.9 Å². The third-order valence-electron chi connectivity index (χ3n) is 16.2. The van der Waals surface area contributed by atoms with Crippen LogP contribution in [0.4, 0.5) is 11.4 Å². The molecule has 0 fully saturated rings. The highest BCUT2D eigenvalue weighted by molar-refractivity contribution is 7.86. The first-order chi connectivity index (χ1) is 38.7. The average molecular weight is 1200 g/mol. The minimum atomic E-state index is -4.55. The third kappa shape index (κ3) is 21.2. The Balaban J connectivity index is 1.19. The fraction of sp³-hybridized carbons (Fsp3) is 0.597. The molecule has 0 radical (unpaired) electrons. The SMILES string of the molecule is Cc1ccc2c(c1)C(C)(C)C(=CC=C(C=CC1=[N+](CCCS(=O)(=O)O)c3ccc(S(=O)(=O)O)cc3C1(C)C)c1cc[n+](CCCCCC(=O)NCCCCCCCCCCCCCCCCC(N)(CO)CO)cc1)N2CCCS(=O)(=O)O. The number of aliphatic hydroxyl groups is 2. The normalized spacial score (nSPS) is 16.0. The first-order valence-electron chi connectivity index (χ1n) is 29.6. The van der Waals surface area contributed by atoms with Gasteiger partial charge < -0.3 is 26.2 Å². The van der Waals surface area contributed by atoms with Crippen LogP contribution < -0.4 is 20.5 Å². The Bertz CT molecular complexity index is 3060. The molecule has 2 aromatic carbocycles. The van der Waals surface area contributed by atoms with E-state index >= 15 is 0 Å². The maximum absolute atomic E-state index is 12.7. The van der Waals surface area contributed by atoms with Gasteiger partial charge in [0.05, 0.1) is 40.6 Å². The summed E-state index contributed by atoms with van der Waals surface area (Å²) in [4.78, 5) is 14.5. The van der Waals surface area contributed by atoms with Gasteiger partial charge in [0, 0.05) is 79.0 Å². The van der Waals surface area contributed by atoms with E-state index in [4.69, 9.17) is 5.73 Å². The fourth-order valence-electron chi connectivity index (χ4n) is 11.3. The molecule has 5 rings (SSSR count). The van der Waals surface area contributed by atoms with E-state index in [0.29, 0.717) is 37.2 Å². The second-order valence-electron chi connectivity index (χ2n) is 23.8. The van der Waals surface area contributed by atoms with Crippen molar-refractivity contribution in [1.82, 2.24) is 5.32 Å². The summed E-state index contributed by atoms with van der Waals surface area (Å²) in [7, 11) is -13.0. The molecule has 0 spiro atoms. The number of nitrogens with two attached hydrogens (primary N) is 1. The fourth-order valence-corrected chi connectivity index (χ4v) is 12.8. The van der Waals surface area contributed by atoms with Gasteiger partial charge in [-0.3, -0.25) is 18.5 Å². The molecule has 8 N–H and O–H groups in total. The van der Waals surface area contributed by atoms with Crippen molar-refractivity contribution in [3.05, 3.63) is 113 Å². The zero-order chi connectivity index (χ0) is 60.2. The van der Waals surface area contributed by atoms with Gasteiger partial charge in [0.2, 0.25) is 11.6 Å². The van der Waals surface area contributed by atoms with Crippen molar-refractivity contribution in [2.75, 3.05) is 49.3 Å². The first kappa shape index (κ1) is 68.1. The second kappa shape index (κ2) is 31.5. The molecule has 0 unspecified atom stereocenters. The highest BCUT2D eigenvalue weighted by Gasteiger charge is 2.45. The van der Waals surface area contributed by atoms with Crippen LogP contribution in [0.25, 0.3) is 5.57 Å². The Kier molecular flexibility index (Phi) is 26.2. The summed E-state index contributed by atoms with van der Waals surface area (Å²) >= 11 is 0. The maximum Gasteiger partial charge on any atom is 0.294 e. The Morgan fingerprint density at radius 1 is 0.671 bits per heavy atom. The molecule has 1 amide bonds. The molecule has 3 aromatic rings. The topological polar surface area (TPSA) is 269 Å². The van der Waals surface area contributed by atoms with Crippen LogP contribution in [0.2, 0.25) is 0 Å². The van der Waals surface area contributed by atoms with Crippen LogP contribution in [0, 0.1) is 6.92 Å². The van der Waals surface area contributed by atoms with Gasteiger partial charge in [-0.2, -0.15) is 29.8 Å². The van der Waals surface area contributed by atoms with Gasteiger partial charge >= 0.3 is 0 Å². The lowest BCUT2D eigenvalue weighted by Crippen LogP contribution is -2.47. The van der Waals surface area contributed by atoms with Crippen molar-refractivity contribution in [2.24, 2.45) is 5.73 Å². The standard InChI is InChI=1S/C62H93N5O12S3/c1-49-26-30-55-53(45-49)60(2,3)57(66(55)39-23-43-80(71,72)73)32-27-50(28-33-58-61(4,5)54-46-52(82(77,78)79)29-31-56(54)67(58)40-24-44-81(74,75)76)51-34-41-65(42-35-51)38-22-18-19-25-59(70)64-37-21-17-15-13-11-9-7-6-8-10-12-14-16-20-36-62(63,47-68)48-69/h26-35,41-42,45-46,68-69H,6-25,36-40,43-44,47-48,63H2,1-5H3,(H2-2,64,70,71,72,73,74,75,76,77,78,79)/p+2. The molecule has 3 heterocycles. The number of aryl methyl sites for hydroxylation is 2. The average Bonchev–Trinajstić information content (AvgIpc) is 2.06. The first-order valence-corrected chi connectivity index (χ1v) is 34.3. The predicted molar refractivity (Wildman–Crippen MR) is 326 cm³/mol. The molecule has 0 bridgehead atoms. The molecule has 2 aliphatic rings. The van der Waals surface area contributed by atoms with Crippen molar-refractivity contribution in [2.45, 2.75) is 197 Å². The van der Waals surface area contributed by atoms with E-state index in [1.165, 1.54) is 76.3 Å². The summed E-state index contributed by atoms with van der Waals surface area (Å²) in [6.07, 6.45) is 32.5. The number of unbranched alkanes of at least 4 members (excludes halogenated alkanes) is 15. The highest BCUT2D eigenvalue weighted by Crippen LogP contribution is 2.48. The summed E-state index contributed by atoms with van der Waals surface area (Å²) in [5, 5.41) is 21.7. The lowest BCUT2D eigenvalue weighted by molar-refractivity contribution is -0.697. The summed E-state index contributed by atoms with van der Waals surface area (Å²) in [6, 6.07) is 14.6. The monoisotopic (exact) mass is 1200 g/mol. The van der Waals surface area contributed by atoms with Gasteiger partial charge in [0.25, 0.3) is 30.4 Å². The Morgan fingerprint density at radius 3 is 1.83 bits per heavy atom. The summed E-state index contributed by atoms with van der Waals surface area (Å²) in [6.45, 7) is 11.7. The number of benzene rings is 2. The van der Waals surface area contributed by atoms with Crippen LogP contribution in [-0.2, 0) is 52.5 Å². The number of aromatic nitrogens is 1. The minimum Gasteiger partial charge on any atom is -0.394 e. The van der Waals surface area contributed by atoms with Crippen molar-refractivity contribution in [1.29, 1.82) is 0 Å². The van der Waals surface area contributed by atoms with Gasteiger partial charge in [0.15, 0.2) is 18.1 Å².